The molecule has 0 atom stereocenters. The minimum atomic E-state index is -0.532. The summed E-state index contributed by atoms with van der Waals surface area (Å²) in [4.78, 5) is 23.5. The first-order valence-electron chi connectivity index (χ1n) is 10.4. The molecule has 0 spiro atoms. The van der Waals surface area contributed by atoms with Crippen molar-refractivity contribution in [3.05, 3.63) is 102 Å². The summed E-state index contributed by atoms with van der Waals surface area (Å²) in [6, 6.07) is 22.4. The van der Waals surface area contributed by atoms with Crippen LogP contribution in [0.25, 0.3) is 11.1 Å². The number of benzene rings is 3. The van der Waals surface area contributed by atoms with Gasteiger partial charge in [-0.1, -0.05) is 73.3 Å². The molecule has 170 valence electrons. The van der Waals surface area contributed by atoms with Crippen molar-refractivity contribution in [2.75, 3.05) is 11.9 Å². The number of alkyl carbamates (subject to hydrolysis) is 1. The zero-order valence-corrected chi connectivity index (χ0v) is 18.1. The lowest BCUT2D eigenvalue weighted by Gasteiger charge is -2.09. The first-order valence-corrected chi connectivity index (χ1v) is 10.4. The van der Waals surface area contributed by atoms with Gasteiger partial charge < -0.3 is 19.9 Å². The van der Waals surface area contributed by atoms with Gasteiger partial charge in [0.25, 0.3) is 0 Å². The van der Waals surface area contributed by atoms with Crippen molar-refractivity contribution in [1.29, 1.82) is 0 Å². The Kier molecular flexibility index (Phi) is 8.62. The van der Waals surface area contributed by atoms with Gasteiger partial charge in [0.15, 0.2) is 0 Å². The molecule has 0 aromatic heterocycles. The van der Waals surface area contributed by atoms with Crippen LogP contribution in [-0.4, -0.2) is 23.9 Å². The van der Waals surface area contributed by atoms with E-state index in [2.05, 4.69) is 17.2 Å². The fraction of sp³-hybridized carbons (Fsp3) is 0.154. The first kappa shape index (κ1) is 23.6. The summed E-state index contributed by atoms with van der Waals surface area (Å²) in [5.74, 6) is 0. The van der Waals surface area contributed by atoms with Gasteiger partial charge in [-0.3, -0.25) is 5.32 Å². The minimum absolute atomic E-state index is 0.0100. The maximum absolute atomic E-state index is 12.0. The molecular formula is C26H26N2O5. The third kappa shape index (κ3) is 7.52. The average molecular weight is 447 g/mol. The van der Waals surface area contributed by atoms with E-state index in [4.69, 9.17) is 14.6 Å². The van der Waals surface area contributed by atoms with E-state index in [1.165, 1.54) is 6.08 Å². The fourth-order valence-corrected chi connectivity index (χ4v) is 2.96. The van der Waals surface area contributed by atoms with E-state index in [1.807, 2.05) is 60.7 Å². The Morgan fingerprint density at radius 2 is 1.36 bits per heavy atom. The van der Waals surface area contributed by atoms with Gasteiger partial charge in [-0.05, 0) is 39.9 Å². The highest BCUT2D eigenvalue weighted by Crippen LogP contribution is 2.22. The van der Waals surface area contributed by atoms with Gasteiger partial charge in [-0.25, -0.2) is 9.59 Å². The largest absolute Gasteiger partial charge is 0.445 e. The lowest BCUT2D eigenvalue weighted by atomic mass is 10.0. The SMILES string of the molecule is C=CCOC(=O)Nc1ccc(-c2ccc(COC(=O)NCc3ccc(CO)cc3)cc2)cc1. The number of hydrogen-bond donors (Lipinski definition) is 3. The molecule has 0 aliphatic carbocycles. The number of aliphatic hydroxyl groups is 1. The van der Waals surface area contributed by atoms with E-state index >= 15 is 0 Å². The summed E-state index contributed by atoms with van der Waals surface area (Å²) in [5.41, 5.74) is 5.22. The molecule has 0 unspecified atom stereocenters. The summed E-state index contributed by atoms with van der Waals surface area (Å²) >= 11 is 0. The molecule has 33 heavy (non-hydrogen) atoms. The topological polar surface area (TPSA) is 96.9 Å². The van der Waals surface area contributed by atoms with Crippen LogP contribution in [0.1, 0.15) is 16.7 Å². The van der Waals surface area contributed by atoms with Crippen molar-refractivity contribution >= 4 is 17.9 Å². The van der Waals surface area contributed by atoms with Gasteiger partial charge in [-0.2, -0.15) is 0 Å². The smallest absolute Gasteiger partial charge is 0.411 e. The van der Waals surface area contributed by atoms with E-state index in [-0.39, 0.29) is 19.8 Å². The van der Waals surface area contributed by atoms with Gasteiger partial charge in [0.1, 0.15) is 13.2 Å². The van der Waals surface area contributed by atoms with E-state index in [9.17, 15) is 9.59 Å². The fourth-order valence-electron chi connectivity index (χ4n) is 2.96. The number of amides is 2. The molecule has 0 aliphatic rings. The van der Waals surface area contributed by atoms with Crippen LogP contribution < -0.4 is 10.6 Å². The Labute approximate surface area is 192 Å². The number of rotatable bonds is 9. The van der Waals surface area contributed by atoms with Gasteiger partial charge >= 0.3 is 12.2 Å². The van der Waals surface area contributed by atoms with Crippen molar-refractivity contribution < 1.29 is 24.2 Å². The normalized spacial score (nSPS) is 10.2. The molecule has 0 radical (unpaired) electrons. The molecule has 0 saturated heterocycles. The van der Waals surface area contributed by atoms with Crippen molar-refractivity contribution in [3.63, 3.8) is 0 Å². The van der Waals surface area contributed by atoms with Gasteiger partial charge in [0.05, 0.1) is 6.61 Å². The summed E-state index contributed by atoms with van der Waals surface area (Å²) in [5, 5.41) is 14.4. The van der Waals surface area contributed by atoms with Crippen molar-refractivity contribution in [1.82, 2.24) is 5.32 Å². The number of carbonyl (C=O) groups is 2. The number of aliphatic hydroxyl groups excluding tert-OH is 1. The molecule has 7 nitrogen and oxygen atoms in total. The standard InChI is InChI=1S/C26H26N2O5/c1-2-15-32-26(31)28-24-13-11-23(12-14-24)22-9-7-21(8-10-22)18-33-25(30)27-16-19-3-5-20(17-29)6-4-19/h2-14,29H,1,15-18H2,(H,27,30)(H,28,31). The van der Waals surface area contributed by atoms with E-state index in [0.717, 1.165) is 27.8 Å². The van der Waals surface area contributed by atoms with Gasteiger partial charge in [-0.15, -0.1) is 0 Å². The van der Waals surface area contributed by atoms with Crippen molar-refractivity contribution in [2.24, 2.45) is 0 Å². The predicted molar refractivity (Wildman–Crippen MR) is 126 cm³/mol. The van der Waals surface area contributed by atoms with Crippen LogP contribution in [0.3, 0.4) is 0 Å². The zero-order valence-electron chi connectivity index (χ0n) is 18.1. The first-order chi connectivity index (χ1) is 16.1. The molecule has 3 aromatic carbocycles. The highest BCUT2D eigenvalue weighted by Gasteiger charge is 2.05. The molecule has 0 fully saturated rings. The number of carbonyl (C=O) groups excluding carboxylic acids is 2. The summed E-state index contributed by atoms with van der Waals surface area (Å²) in [6.07, 6.45) is 0.471. The highest BCUT2D eigenvalue weighted by atomic mass is 16.6. The van der Waals surface area contributed by atoms with Crippen molar-refractivity contribution in [3.8, 4) is 11.1 Å². The molecule has 0 heterocycles. The van der Waals surface area contributed by atoms with Crippen LogP contribution in [0.15, 0.2) is 85.5 Å². The maximum Gasteiger partial charge on any atom is 0.411 e. The van der Waals surface area contributed by atoms with Crippen LogP contribution >= 0.6 is 0 Å². The average Bonchev–Trinajstić information content (AvgIpc) is 2.86. The van der Waals surface area contributed by atoms with Crippen LogP contribution in [-0.2, 0) is 29.2 Å². The Balaban J connectivity index is 1.46. The van der Waals surface area contributed by atoms with Crippen LogP contribution in [0.4, 0.5) is 15.3 Å². The highest BCUT2D eigenvalue weighted by molar-refractivity contribution is 5.85. The molecule has 3 aromatic rings. The maximum atomic E-state index is 12.0. The van der Waals surface area contributed by atoms with Crippen molar-refractivity contribution in [2.45, 2.75) is 19.8 Å². The lowest BCUT2D eigenvalue weighted by Crippen LogP contribution is -2.23. The second kappa shape index (κ2) is 12.1. The van der Waals surface area contributed by atoms with Crippen LogP contribution in [0.5, 0.6) is 0 Å². The second-order valence-electron chi connectivity index (χ2n) is 7.19. The Morgan fingerprint density at radius 3 is 1.97 bits per heavy atom. The number of hydrogen-bond acceptors (Lipinski definition) is 5. The summed E-state index contributed by atoms with van der Waals surface area (Å²) in [7, 11) is 0. The minimum Gasteiger partial charge on any atom is -0.445 e. The summed E-state index contributed by atoms with van der Waals surface area (Å²) < 4.78 is 10.2. The number of anilines is 1. The quantitative estimate of drug-likeness (QED) is 0.402. The molecular weight excluding hydrogens is 420 g/mol. The monoisotopic (exact) mass is 446 g/mol. The zero-order chi connectivity index (χ0) is 23.5. The van der Waals surface area contributed by atoms with E-state index in [1.54, 1.807) is 12.1 Å². The lowest BCUT2D eigenvalue weighted by molar-refractivity contribution is 0.139. The summed E-state index contributed by atoms with van der Waals surface area (Å²) in [6.45, 7) is 4.15. The van der Waals surface area contributed by atoms with Crippen LogP contribution in [0, 0.1) is 0 Å². The third-order valence-electron chi connectivity index (χ3n) is 4.76. The molecule has 2 amide bonds. The molecule has 3 rings (SSSR count). The number of ether oxygens (including phenoxy) is 2. The molecule has 0 saturated carbocycles. The Morgan fingerprint density at radius 1 is 0.788 bits per heavy atom. The number of nitrogens with one attached hydrogen (secondary N) is 2. The molecule has 7 heteroatoms. The molecule has 0 bridgehead atoms. The Hall–Kier alpha value is -4.10. The van der Waals surface area contributed by atoms with E-state index < -0.39 is 12.2 Å². The molecule has 0 aliphatic heterocycles. The third-order valence-corrected chi connectivity index (χ3v) is 4.76. The second-order valence-corrected chi connectivity index (χ2v) is 7.19. The van der Waals surface area contributed by atoms with E-state index in [0.29, 0.717) is 12.2 Å². The van der Waals surface area contributed by atoms with Gasteiger partial charge in [0.2, 0.25) is 0 Å². The molecule has 3 N–H and O–H groups in total. The van der Waals surface area contributed by atoms with Gasteiger partial charge in [0, 0.05) is 12.2 Å². The Bertz CT molecular complexity index is 1060. The van der Waals surface area contributed by atoms with Crippen LogP contribution in [0.2, 0.25) is 0 Å². The predicted octanol–water partition coefficient (Wildman–Crippen LogP) is 5.01.